The van der Waals surface area contributed by atoms with Crippen LogP contribution in [-0.4, -0.2) is 71.8 Å². The second-order valence-electron chi connectivity index (χ2n) is 6.55. The van der Waals surface area contributed by atoms with Gasteiger partial charge in [-0.25, -0.2) is 0 Å². The summed E-state index contributed by atoms with van der Waals surface area (Å²) in [6.07, 6.45) is 0.208. The number of amides is 1. The lowest BCUT2D eigenvalue weighted by Gasteiger charge is -2.39. The summed E-state index contributed by atoms with van der Waals surface area (Å²) in [5.74, 6) is 0.897. The minimum atomic E-state index is -0.250. The molecule has 0 saturated carbocycles. The van der Waals surface area contributed by atoms with Gasteiger partial charge in [0.15, 0.2) is 0 Å². The Labute approximate surface area is 171 Å². The van der Waals surface area contributed by atoms with E-state index in [4.69, 9.17) is 19.7 Å². The van der Waals surface area contributed by atoms with Gasteiger partial charge in [-0.1, -0.05) is 48.5 Å². The number of piperazine rings is 1. The van der Waals surface area contributed by atoms with Crippen molar-refractivity contribution in [1.29, 1.82) is 0 Å². The molecule has 2 aromatic carbocycles. The summed E-state index contributed by atoms with van der Waals surface area (Å²) in [6, 6.07) is 20.4. The quantitative estimate of drug-likeness (QED) is 0.692. The smallest absolute Gasteiger partial charge is 0.290 e. The van der Waals surface area contributed by atoms with E-state index in [1.165, 1.54) is 5.56 Å². The third kappa shape index (κ3) is 7.21. The molecular formula is C22H28N2O5. The zero-order valence-electron chi connectivity index (χ0n) is 16.4. The van der Waals surface area contributed by atoms with E-state index in [2.05, 4.69) is 17.0 Å². The van der Waals surface area contributed by atoms with Crippen molar-refractivity contribution in [3.8, 4) is 5.75 Å². The Balaban J connectivity index is 0.000000941. The molecule has 1 aliphatic heterocycles. The normalized spacial score (nSPS) is 15.0. The molecule has 1 unspecified atom stereocenters. The molecule has 0 spiro atoms. The third-order valence-corrected chi connectivity index (χ3v) is 4.77. The number of carbonyl (C=O) groups is 2. The van der Waals surface area contributed by atoms with Crippen molar-refractivity contribution in [2.75, 3.05) is 39.4 Å². The van der Waals surface area contributed by atoms with Crippen LogP contribution in [0.4, 0.5) is 0 Å². The number of para-hydroxylation sites is 1. The van der Waals surface area contributed by atoms with Crippen LogP contribution >= 0.6 is 0 Å². The van der Waals surface area contributed by atoms with E-state index in [0.29, 0.717) is 19.7 Å². The van der Waals surface area contributed by atoms with Gasteiger partial charge in [0.05, 0.1) is 12.6 Å². The Hall–Kier alpha value is -2.90. The van der Waals surface area contributed by atoms with Gasteiger partial charge in [0.25, 0.3) is 6.47 Å². The summed E-state index contributed by atoms with van der Waals surface area (Å²) in [6.45, 7) is 3.21. The van der Waals surface area contributed by atoms with Crippen LogP contribution in [0.5, 0.6) is 5.75 Å². The van der Waals surface area contributed by atoms with E-state index in [1.807, 2.05) is 53.4 Å². The number of ether oxygens (including phenoxy) is 1. The lowest BCUT2D eigenvalue weighted by atomic mass is 10.0. The highest BCUT2D eigenvalue weighted by atomic mass is 16.5. The molecular weight excluding hydrogens is 372 g/mol. The number of carbonyl (C=O) groups excluding carboxylic acids is 1. The predicted octanol–water partition coefficient (Wildman–Crippen LogP) is 2.03. The van der Waals surface area contributed by atoms with Crippen molar-refractivity contribution in [3.63, 3.8) is 0 Å². The Morgan fingerprint density at radius 2 is 1.55 bits per heavy atom. The van der Waals surface area contributed by atoms with Crippen LogP contribution in [0.2, 0.25) is 0 Å². The summed E-state index contributed by atoms with van der Waals surface area (Å²) in [5.41, 5.74) is 1.22. The highest BCUT2D eigenvalue weighted by molar-refractivity contribution is 5.76. The number of aliphatic hydroxyl groups is 1. The van der Waals surface area contributed by atoms with Crippen LogP contribution in [0.1, 0.15) is 18.0 Å². The molecule has 7 nitrogen and oxygen atoms in total. The fourth-order valence-corrected chi connectivity index (χ4v) is 3.32. The van der Waals surface area contributed by atoms with Gasteiger partial charge in [-0.3, -0.25) is 14.5 Å². The first kappa shape index (κ1) is 22.4. The first-order chi connectivity index (χ1) is 14.2. The van der Waals surface area contributed by atoms with E-state index in [9.17, 15) is 4.79 Å². The van der Waals surface area contributed by atoms with E-state index in [0.717, 1.165) is 18.8 Å². The van der Waals surface area contributed by atoms with Gasteiger partial charge < -0.3 is 19.8 Å². The first-order valence-electron chi connectivity index (χ1n) is 9.63. The largest absolute Gasteiger partial charge is 0.492 e. The highest BCUT2D eigenvalue weighted by Gasteiger charge is 2.27. The Kier molecular flexibility index (Phi) is 9.68. The Morgan fingerprint density at radius 3 is 2.10 bits per heavy atom. The number of nitrogens with zero attached hydrogens (tertiary/aromatic N) is 2. The fraction of sp³-hybridized carbons (Fsp3) is 0.364. The number of benzene rings is 2. The first-order valence-corrected chi connectivity index (χ1v) is 9.63. The average Bonchev–Trinajstić information content (AvgIpc) is 2.76. The van der Waals surface area contributed by atoms with Crippen LogP contribution in [0.25, 0.3) is 0 Å². The molecule has 29 heavy (non-hydrogen) atoms. The van der Waals surface area contributed by atoms with Gasteiger partial charge in [0, 0.05) is 32.6 Å². The molecule has 1 amide bonds. The van der Waals surface area contributed by atoms with Crippen molar-refractivity contribution in [2.45, 2.75) is 12.5 Å². The van der Waals surface area contributed by atoms with Crippen LogP contribution in [-0.2, 0) is 9.59 Å². The molecule has 156 valence electrons. The summed E-state index contributed by atoms with van der Waals surface area (Å²) in [7, 11) is 0. The Bertz CT molecular complexity index is 718. The van der Waals surface area contributed by atoms with Crippen molar-refractivity contribution < 1.29 is 24.5 Å². The number of aliphatic hydroxyl groups excluding tert-OH is 1. The minimum absolute atomic E-state index is 0.0314. The van der Waals surface area contributed by atoms with E-state index >= 15 is 0 Å². The maximum absolute atomic E-state index is 12.0. The zero-order chi connectivity index (χ0) is 20.9. The minimum Gasteiger partial charge on any atom is -0.492 e. The molecule has 0 bridgehead atoms. The Morgan fingerprint density at radius 1 is 1.00 bits per heavy atom. The van der Waals surface area contributed by atoms with Gasteiger partial charge in [0.2, 0.25) is 5.91 Å². The summed E-state index contributed by atoms with van der Waals surface area (Å²) in [5, 5.41) is 15.8. The number of hydrogen-bond acceptors (Lipinski definition) is 5. The lowest BCUT2D eigenvalue weighted by Crippen LogP contribution is -2.50. The fourth-order valence-electron chi connectivity index (χ4n) is 3.32. The van der Waals surface area contributed by atoms with E-state index in [1.54, 1.807) is 0 Å². The maximum atomic E-state index is 12.0. The molecule has 1 atom stereocenters. The van der Waals surface area contributed by atoms with Gasteiger partial charge >= 0.3 is 0 Å². The summed E-state index contributed by atoms with van der Waals surface area (Å²) < 4.78 is 6.03. The van der Waals surface area contributed by atoms with E-state index in [-0.39, 0.29) is 31.4 Å². The maximum Gasteiger partial charge on any atom is 0.290 e. The lowest BCUT2D eigenvalue weighted by molar-refractivity contribution is -0.134. The predicted molar refractivity (Wildman–Crippen MR) is 110 cm³/mol. The molecule has 0 radical (unpaired) electrons. The third-order valence-electron chi connectivity index (χ3n) is 4.77. The van der Waals surface area contributed by atoms with Crippen molar-refractivity contribution in [3.05, 3.63) is 66.2 Å². The van der Waals surface area contributed by atoms with E-state index < -0.39 is 0 Å². The van der Waals surface area contributed by atoms with Crippen LogP contribution in [0.15, 0.2) is 60.7 Å². The molecule has 3 rings (SSSR count). The molecule has 1 aliphatic rings. The number of hydrogen-bond donors (Lipinski definition) is 2. The molecule has 0 aromatic heterocycles. The van der Waals surface area contributed by atoms with Gasteiger partial charge in [-0.05, 0) is 17.7 Å². The second kappa shape index (κ2) is 12.5. The van der Waals surface area contributed by atoms with Crippen molar-refractivity contribution in [2.24, 2.45) is 0 Å². The van der Waals surface area contributed by atoms with Crippen LogP contribution in [0, 0.1) is 0 Å². The summed E-state index contributed by atoms with van der Waals surface area (Å²) >= 11 is 0. The van der Waals surface area contributed by atoms with Crippen molar-refractivity contribution in [1.82, 2.24) is 9.80 Å². The SMILES string of the molecule is O=C(CCO)N1CCN(C(COc2ccccc2)c2ccccc2)CC1.O=CO. The summed E-state index contributed by atoms with van der Waals surface area (Å²) in [4.78, 5) is 24.6. The van der Waals surface area contributed by atoms with Crippen molar-refractivity contribution >= 4 is 12.4 Å². The molecule has 1 fully saturated rings. The molecule has 2 N–H and O–H groups in total. The molecule has 2 aromatic rings. The molecule has 1 saturated heterocycles. The molecule has 0 aliphatic carbocycles. The number of rotatable bonds is 7. The van der Waals surface area contributed by atoms with Gasteiger partial charge in [-0.2, -0.15) is 0 Å². The zero-order valence-corrected chi connectivity index (χ0v) is 16.4. The molecule has 1 heterocycles. The topological polar surface area (TPSA) is 90.3 Å². The second-order valence-corrected chi connectivity index (χ2v) is 6.55. The standard InChI is InChI=1S/C21H26N2O3.CH2O2/c24-16-11-21(25)23-14-12-22(13-15-23)20(18-7-3-1-4-8-18)17-26-19-9-5-2-6-10-19;2-1-3/h1-10,20,24H,11-17H2;1H,(H,2,3). The van der Waals surface area contributed by atoms with Crippen LogP contribution in [0.3, 0.4) is 0 Å². The van der Waals surface area contributed by atoms with Gasteiger partial charge in [-0.15, -0.1) is 0 Å². The number of carboxylic acid groups (broad SMARTS) is 1. The molecule has 7 heteroatoms. The highest BCUT2D eigenvalue weighted by Crippen LogP contribution is 2.24. The van der Waals surface area contributed by atoms with Crippen LogP contribution < -0.4 is 4.74 Å². The monoisotopic (exact) mass is 400 g/mol. The van der Waals surface area contributed by atoms with Gasteiger partial charge in [0.1, 0.15) is 12.4 Å². The average molecular weight is 400 g/mol.